The molecule has 1 fully saturated rings. The second-order valence-electron chi connectivity index (χ2n) is 7.22. The topological polar surface area (TPSA) is 71.3 Å². The van der Waals surface area contributed by atoms with Gasteiger partial charge in [0.15, 0.2) is 0 Å². The van der Waals surface area contributed by atoms with Crippen LogP contribution in [0, 0.1) is 0 Å². The molecule has 0 aliphatic carbocycles. The first-order chi connectivity index (χ1) is 13.9. The lowest BCUT2D eigenvalue weighted by Gasteiger charge is -2.26. The zero-order valence-corrected chi connectivity index (χ0v) is 16.2. The first-order valence-electron chi connectivity index (χ1n) is 9.86. The average molecular weight is 410 g/mol. The van der Waals surface area contributed by atoms with Crippen molar-refractivity contribution in [1.29, 1.82) is 0 Å². The lowest BCUT2D eigenvalue weighted by molar-refractivity contribution is -0.137. The van der Waals surface area contributed by atoms with Gasteiger partial charge in [-0.25, -0.2) is 0 Å². The molecule has 0 saturated carbocycles. The summed E-state index contributed by atoms with van der Waals surface area (Å²) in [5, 5.41) is 10.6. The van der Waals surface area contributed by atoms with E-state index in [9.17, 15) is 18.0 Å². The molecular formula is C20H25F3N4O2. The van der Waals surface area contributed by atoms with E-state index in [-0.39, 0.29) is 24.6 Å². The molecule has 29 heavy (non-hydrogen) atoms. The number of aromatic nitrogens is 2. The minimum absolute atomic E-state index is 0.0837. The molecule has 6 nitrogen and oxygen atoms in total. The molecule has 1 N–H and O–H groups in total. The average Bonchev–Trinajstić information content (AvgIpc) is 3.14. The summed E-state index contributed by atoms with van der Waals surface area (Å²) < 4.78 is 43.8. The van der Waals surface area contributed by atoms with Crippen LogP contribution in [0.25, 0.3) is 0 Å². The predicted octanol–water partition coefficient (Wildman–Crippen LogP) is 3.21. The zero-order valence-electron chi connectivity index (χ0n) is 16.2. The summed E-state index contributed by atoms with van der Waals surface area (Å²) in [5.74, 6) is 0.447. The number of nitrogens with zero attached hydrogens (tertiary/aromatic N) is 3. The molecular weight excluding hydrogens is 385 g/mol. The maximum absolute atomic E-state index is 12.8. The molecule has 1 aliphatic heterocycles. The van der Waals surface area contributed by atoms with Crippen LogP contribution in [0.3, 0.4) is 0 Å². The van der Waals surface area contributed by atoms with Crippen LogP contribution in [-0.4, -0.2) is 47.2 Å². The summed E-state index contributed by atoms with van der Waals surface area (Å²) in [7, 11) is 0. The normalized spacial score (nSPS) is 15.4. The molecule has 3 rings (SSSR count). The Bertz CT molecular complexity index is 801. The summed E-state index contributed by atoms with van der Waals surface area (Å²) in [5.41, 5.74) is -0.276. The Kier molecular flexibility index (Phi) is 7.24. The van der Waals surface area contributed by atoms with Gasteiger partial charge in [-0.15, -0.1) is 10.2 Å². The van der Waals surface area contributed by atoms with Crippen molar-refractivity contribution >= 4 is 5.91 Å². The maximum atomic E-state index is 12.8. The fourth-order valence-corrected chi connectivity index (χ4v) is 3.34. The monoisotopic (exact) mass is 410 g/mol. The van der Waals surface area contributed by atoms with Crippen LogP contribution in [0.15, 0.2) is 28.7 Å². The molecule has 1 aromatic carbocycles. The molecule has 1 amide bonds. The molecule has 1 aliphatic rings. The van der Waals surface area contributed by atoms with Gasteiger partial charge < -0.3 is 14.6 Å². The maximum Gasteiger partial charge on any atom is 0.416 e. The second-order valence-corrected chi connectivity index (χ2v) is 7.22. The van der Waals surface area contributed by atoms with E-state index in [1.165, 1.54) is 25.3 Å². The van der Waals surface area contributed by atoms with Crippen LogP contribution in [0.2, 0.25) is 0 Å². The van der Waals surface area contributed by atoms with Crippen molar-refractivity contribution in [2.24, 2.45) is 0 Å². The van der Waals surface area contributed by atoms with Gasteiger partial charge in [-0.1, -0.05) is 24.6 Å². The number of nitrogens with one attached hydrogen (secondary N) is 1. The molecule has 9 heteroatoms. The van der Waals surface area contributed by atoms with Crippen LogP contribution in [0.5, 0.6) is 0 Å². The molecule has 0 atom stereocenters. The molecule has 2 heterocycles. The fraction of sp³-hybridized carbons (Fsp3) is 0.550. The van der Waals surface area contributed by atoms with Gasteiger partial charge >= 0.3 is 6.18 Å². The highest BCUT2D eigenvalue weighted by Crippen LogP contribution is 2.29. The van der Waals surface area contributed by atoms with E-state index in [0.717, 1.165) is 31.8 Å². The number of carbonyl (C=O) groups is 1. The molecule has 0 bridgehead atoms. The lowest BCUT2D eigenvalue weighted by atomic mass is 10.1. The third-order valence-corrected chi connectivity index (χ3v) is 4.88. The number of benzene rings is 1. The number of carbonyl (C=O) groups excluding carboxylic acids is 1. The van der Waals surface area contributed by atoms with Gasteiger partial charge in [0.1, 0.15) is 0 Å². The highest BCUT2D eigenvalue weighted by atomic mass is 19.4. The zero-order chi connectivity index (χ0) is 20.7. The summed E-state index contributed by atoms with van der Waals surface area (Å²) in [6, 6.07) is 5.02. The summed E-state index contributed by atoms with van der Waals surface area (Å²) >= 11 is 0. The molecule has 0 spiro atoms. The first-order valence-corrected chi connectivity index (χ1v) is 9.86. The van der Waals surface area contributed by atoms with Crippen molar-refractivity contribution in [3.63, 3.8) is 0 Å². The quantitative estimate of drug-likeness (QED) is 0.724. The highest BCUT2D eigenvalue weighted by Gasteiger charge is 2.30. The first kappa shape index (κ1) is 21.3. The third-order valence-electron chi connectivity index (χ3n) is 4.88. The smallest absolute Gasteiger partial charge is 0.416 e. The molecule has 0 unspecified atom stereocenters. The summed E-state index contributed by atoms with van der Waals surface area (Å²) in [6.07, 6.45) is -0.0443. The number of alkyl halides is 3. The van der Waals surface area contributed by atoms with E-state index in [4.69, 9.17) is 4.42 Å². The second kappa shape index (κ2) is 9.87. The van der Waals surface area contributed by atoms with Crippen molar-refractivity contribution in [2.45, 2.75) is 44.7 Å². The van der Waals surface area contributed by atoms with E-state index in [0.29, 0.717) is 24.4 Å². The number of likely N-dealkylation sites (tertiary alicyclic amines) is 1. The SMILES string of the molecule is O=C(CCc1nnc(Cc2cccc(C(F)(F)F)c2)o1)NCCN1CCCCC1. The fourth-order valence-electron chi connectivity index (χ4n) is 3.34. The molecule has 158 valence electrons. The molecule has 2 aromatic rings. The Morgan fingerprint density at radius 2 is 1.90 bits per heavy atom. The van der Waals surface area contributed by atoms with Gasteiger partial charge in [-0.05, 0) is 37.6 Å². The Morgan fingerprint density at radius 3 is 2.66 bits per heavy atom. The largest absolute Gasteiger partial charge is 0.425 e. The minimum Gasteiger partial charge on any atom is -0.425 e. The number of hydrogen-bond acceptors (Lipinski definition) is 5. The molecule has 1 aromatic heterocycles. The Hall–Kier alpha value is -2.42. The lowest BCUT2D eigenvalue weighted by Crippen LogP contribution is -2.37. The predicted molar refractivity (Wildman–Crippen MR) is 100 cm³/mol. The Balaban J connectivity index is 1.41. The van der Waals surface area contributed by atoms with Gasteiger partial charge in [-0.2, -0.15) is 13.2 Å². The number of halogens is 3. The Labute approximate surface area is 167 Å². The van der Waals surface area contributed by atoms with E-state index >= 15 is 0 Å². The number of aryl methyl sites for hydroxylation is 1. The van der Waals surface area contributed by atoms with E-state index < -0.39 is 11.7 Å². The van der Waals surface area contributed by atoms with E-state index in [1.54, 1.807) is 6.07 Å². The van der Waals surface area contributed by atoms with Crippen LogP contribution in [0.1, 0.15) is 48.6 Å². The van der Waals surface area contributed by atoms with Crippen molar-refractivity contribution in [3.8, 4) is 0 Å². The van der Waals surface area contributed by atoms with Gasteiger partial charge in [0.05, 0.1) is 12.0 Å². The standard InChI is InChI=1S/C20H25F3N4O2/c21-20(22,23)16-6-4-5-15(13-16)14-19-26-25-18(29-19)8-7-17(28)24-9-12-27-10-2-1-3-11-27/h4-6,13H,1-3,7-12,14H2,(H,24,28). The van der Waals surface area contributed by atoms with Crippen molar-refractivity contribution in [2.75, 3.05) is 26.2 Å². The number of piperidine rings is 1. The van der Waals surface area contributed by atoms with Crippen molar-refractivity contribution in [3.05, 3.63) is 47.2 Å². The number of amides is 1. The Morgan fingerprint density at radius 1 is 1.14 bits per heavy atom. The third kappa shape index (κ3) is 6.85. The minimum atomic E-state index is -4.39. The summed E-state index contributed by atoms with van der Waals surface area (Å²) in [6.45, 7) is 3.65. The van der Waals surface area contributed by atoms with Crippen LogP contribution < -0.4 is 5.32 Å². The van der Waals surface area contributed by atoms with Gasteiger partial charge in [0.2, 0.25) is 17.7 Å². The van der Waals surface area contributed by atoms with Crippen LogP contribution in [-0.2, 0) is 23.8 Å². The van der Waals surface area contributed by atoms with Crippen molar-refractivity contribution in [1.82, 2.24) is 20.4 Å². The highest BCUT2D eigenvalue weighted by molar-refractivity contribution is 5.75. The number of hydrogen-bond donors (Lipinski definition) is 1. The summed E-state index contributed by atoms with van der Waals surface area (Å²) in [4.78, 5) is 14.3. The van der Waals surface area contributed by atoms with E-state index in [1.807, 2.05) is 0 Å². The van der Waals surface area contributed by atoms with Gasteiger partial charge in [-0.3, -0.25) is 4.79 Å². The molecule has 1 saturated heterocycles. The van der Waals surface area contributed by atoms with Crippen LogP contribution >= 0.6 is 0 Å². The number of rotatable bonds is 8. The van der Waals surface area contributed by atoms with Gasteiger partial charge in [0.25, 0.3) is 0 Å². The van der Waals surface area contributed by atoms with Crippen LogP contribution in [0.4, 0.5) is 13.2 Å². The molecule has 0 radical (unpaired) electrons. The van der Waals surface area contributed by atoms with Gasteiger partial charge in [0, 0.05) is 25.9 Å². The van der Waals surface area contributed by atoms with E-state index in [2.05, 4.69) is 20.4 Å². The van der Waals surface area contributed by atoms with Crippen molar-refractivity contribution < 1.29 is 22.4 Å².